The molecular formula is C30H29ClN6O. The van der Waals surface area contributed by atoms with Gasteiger partial charge in [-0.25, -0.2) is 9.67 Å². The van der Waals surface area contributed by atoms with E-state index in [0.717, 1.165) is 51.0 Å². The maximum absolute atomic E-state index is 5.81. The lowest BCUT2D eigenvalue weighted by molar-refractivity contribution is 0.449. The highest BCUT2D eigenvalue weighted by Crippen LogP contribution is 2.36. The van der Waals surface area contributed by atoms with E-state index in [1.54, 1.807) is 12.5 Å². The topological polar surface area (TPSA) is 85.5 Å². The van der Waals surface area contributed by atoms with Crippen molar-refractivity contribution in [3.63, 3.8) is 0 Å². The molecule has 3 aromatic carbocycles. The highest BCUT2D eigenvalue weighted by Gasteiger charge is 2.32. The molecule has 1 atom stereocenters. The van der Waals surface area contributed by atoms with Crippen molar-refractivity contribution in [2.45, 2.75) is 32.9 Å². The molecule has 0 fully saturated rings. The van der Waals surface area contributed by atoms with Gasteiger partial charge in [0.15, 0.2) is 0 Å². The van der Waals surface area contributed by atoms with Crippen molar-refractivity contribution in [3.05, 3.63) is 131 Å². The number of nitrogens with zero attached hydrogens (tertiary/aromatic N) is 5. The third-order valence-corrected chi connectivity index (χ3v) is 6.52. The molecule has 0 saturated carbocycles. The summed E-state index contributed by atoms with van der Waals surface area (Å²) >= 11 is 5.81. The minimum absolute atomic E-state index is 0.0427. The Morgan fingerprint density at radius 1 is 0.947 bits per heavy atom. The Kier molecular flexibility index (Phi) is 7.67. The van der Waals surface area contributed by atoms with Crippen molar-refractivity contribution in [2.24, 2.45) is 10.8 Å². The van der Waals surface area contributed by atoms with Crippen LogP contribution in [0.5, 0.6) is 0 Å². The number of hydrazone groups is 1. The zero-order chi connectivity index (χ0) is 26.5. The monoisotopic (exact) mass is 524 g/mol. The summed E-state index contributed by atoms with van der Waals surface area (Å²) in [4.78, 5) is 4.33. The quantitative estimate of drug-likeness (QED) is 0.279. The molecule has 5 aromatic rings. The van der Waals surface area contributed by atoms with Crippen LogP contribution >= 0.6 is 11.6 Å². The van der Waals surface area contributed by atoms with E-state index < -0.39 is 0 Å². The lowest BCUT2D eigenvalue weighted by Gasteiger charge is -2.21. The second-order valence-electron chi connectivity index (χ2n) is 9.03. The second kappa shape index (κ2) is 11.5. The van der Waals surface area contributed by atoms with Crippen LogP contribution in [0.1, 0.15) is 40.9 Å². The van der Waals surface area contributed by atoms with Crippen LogP contribution in [0, 0.1) is 13.8 Å². The number of aryl methyl sites for hydroxylation is 2. The molecule has 2 aromatic heterocycles. The Balaban J connectivity index is 0.000000179. The van der Waals surface area contributed by atoms with Crippen molar-refractivity contribution < 1.29 is 4.42 Å². The number of nitrogens with two attached hydrogens (primary N) is 1. The van der Waals surface area contributed by atoms with Crippen molar-refractivity contribution in [2.75, 3.05) is 5.01 Å². The first-order valence-electron chi connectivity index (χ1n) is 12.4. The number of hydrogen-bond donors (Lipinski definition) is 1. The van der Waals surface area contributed by atoms with E-state index in [4.69, 9.17) is 26.9 Å². The van der Waals surface area contributed by atoms with Crippen molar-refractivity contribution in [1.82, 2.24) is 14.8 Å². The van der Waals surface area contributed by atoms with Gasteiger partial charge in [0.05, 0.1) is 29.0 Å². The van der Waals surface area contributed by atoms with Gasteiger partial charge in [0.2, 0.25) is 5.89 Å². The molecule has 38 heavy (non-hydrogen) atoms. The van der Waals surface area contributed by atoms with Gasteiger partial charge in [-0.1, -0.05) is 54.1 Å². The summed E-state index contributed by atoms with van der Waals surface area (Å²) in [5.41, 5.74) is 13.1. The third-order valence-electron chi connectivity index (χ3n) is 6.27. The molecule has 192 valence electrons. The zero-order valence-electron chi connectivity index (χ0n) is 21.3. The van der Waals surface area contributed by atoms with E-state index in [-0.39, 0.29) is 6.04 Å². The van der Waals surface area contributed by atoms with Crippen molar-refractivity contribution in [3.8, 4) is 5.69 Å². The van der Waals surface area contributed by atoms with Crippen LogP contribution in [-0.2, 0) is 6.54 Å². The van der Waals surface area contributed by atoms with Crippen LogP contribution in [0.25, 0.3) is 5.69 Å². The van der Waals surface area contributed by atoms with Crippen LogP contribution in [-0.4, -0.2) is 20.5 Å². The van der Waals surface area contributed by atoms with Crippen LogP contribution in [0.3, 0.4) is 0 Å². The highest BCUT2D eigenvalue weighted by atomic mass is 35.5. The Bertz CT molecular complexity index is 1490. The first-order valence-corrected chi connectivity index (χ1v) is 12.8. The minimum atomic E-state index is -0.0427. The zero-order valence-corrected chi connectivity index (χ0v) is 22.1. The molecule has 1 unspecified atom stereocenters. The van der Waals surface area contributed by atoms with Crippen LogP contribution in [0.2, 0.25) is 5.02 Å². The van der Waals surface area contributed by atoms with Gasteiger partial charge in [0.1, 0.15) is 12.3 Å². The number of benzene rings is 3. The van der Waals surface area contributed by atoms with E-state index >= 15 is 0 Å². The maximum Gasteiger partial charge on any atom is 0.219 e. The minimum Gasteiger partial charge on any atom is -0.447 e. The lowest BCUT2D eigenvalue weighted by Crippen LogP contribution is -2.18. The SMILES string of the molecule is Cc1cc(C)n(-c2ccc(Cl)cc2)n1.NCc1ccc(N2N=C(c3ccccc3)CC2c2ncco2)cc1. The summed E-state index contributed by atoms with van der Waals surface area (Å²) < 4.78 is 7.46. The molecule has 3 heterocycles. The first-order chi connectivity index (χ1) is 18.5. The number of rotatable bonds is 5. The summed E-state index contributed by atoms with van der Waals surface area (Å²) in [5, 5.41) is 12.0. The Hall–Kier alpha value is -4.20. The molecule has 0 amide bonds. The molecule has 8 heteroatoms. The fraction of sp³-hybridized carbons (Fsp3) is 0.167. The average molecular weight is 525 g/mol. The molecule has 2 N–H and O–H groups in total. The van der Waals surface area contributed by atoms with Gasteiger partial charge in [-0.3, -0.25) is 5.01 Å². The van der Waals surface area contributed by atoms with Crippen LogP contribution in [0.15, 0.2) is 107 Å². The number of aromatic nitrogens is 3. The Morgan fingerprint density at radius 2 is 1.66 bits per heavy atom. The van der Waals surface area contributed by atoms with Gasteiger partial charge >= 0.3 is 0 Å². The summed E-state index contributed by atoms with van der Waals surface area (Å²) in [6, 6.07) is 28.0. The summed E-state index contributed by atoms with van der Waals surface area (Å²) in [7, 11) is 0. The molecule has 0 saturated heterocycles. The number of halogens is 1. The molecule has 1 aliphatic heterocycles. The standard InChI is InChI=1S/C19H18N4O.C11H11ClN2/c20-13-14-6-8-16(9-7-14)23-18(19-21-10-11-24-19)12-17(22-23)15-4-2-1-3-5-15;1-8-7-9(2)14(13-8)11-5-3-10(12)4-6-11/h1-11,18H,12-13,20H2;3-7H,1-2H3. The van der Waals surface area contributed by atoms with E-state index in [1.807, 2.05) is 90.3 Å². The molecular weight excluding hydrogens is 496 g/mol. The van der Waals surface area contributed by atoms with Crippen molar-refractivity contribution >= 4 is 23.0 Å². The normalized spacial score (nSPS) is 14.7. The van der Waals surface area contributed by atoms with Crippen molar-refractivity contribution in [1.29, 1.82) is 0 Å². The van der Waals surface area contributed by atoms with E-state index in [1.165, 1.54) is 0 Å². The summed E-state index contributed by atoms with van der Waals surface area (Å²) in [6.45, 7) is 4.55. The lowest BCUT2D eigenvalue weighted by atomic mass is 10.0. The molecule has 0 radical (unpaired) electrons. The van der Waals surface area contributed by atoms with Gasteiger partial charge in [-0.2, -0.15) is 10.2 Å². The molecule has 0 spiro atoms. The average Bonchev–Trinajstić information content (AvgIpc) is 3.70. The predicted molar refractivity (Wildman–Crippen MR) is 152 cm³/mol. The van der Waals surface area contributed by atoms with E-state index in [2.05, 4.69) is 28.3 Å². The van der Waals surface area contributed by atoms with Gasteiger partial charge in [0, 0.05) is 23.7 Å². The van der Waals surface area contributed by atoms with Crippen LogP contribution in [0.4, 0.5) is 5.69 Å². The fourth-order valence-electron chi connectivity index (χ4n) is 4.40. The predicted octanol–water partition coefficient (Wildman–Crippen LogP) is 6.63. The van der Waals surface area contributed by atoms with Crippen LogP contribution < -0.4 is 10.7 Å². The molecule has 0 aliphatic carbocycles. The first kappa shape index (κ1) is 25.4. The second-order valence-corrected chi connectivity index (χ2v) is 9.47. The Morgan fingerprint density at radius 3 is 2.26 bits per heavy atom. The number of anilines is 1. The van der Waals surface area contributed by atoms with Gasteiger partial charge < -0.3 is 10.2 Å². The third kappa shape index (κ3) is 5.69. The molecule has 0 bridgehead atoms. The maximum atomic E-state index is 5.81. The number of hydrogen-bond acceptors (Lipinski definition) is 6. The van der Waals surface area contributed by atoms with E-state index in [9.17, 15) is 0 Å². The smallest absolute Gasteiger partial charge is 0.219 e. The highest BCUT2D eigenvalue weighted by molar-refractivity contribution is 6.30. The number of oxazole rings is 1. The van der Waals surface area contributed by atoms with Gasteiger partial charge in [-0.05, 0) is 67.4 Å². The summed E-state index contributed by atoms with van der Waals surface area (Å²) in [5.74, 6) is 0.674. The fourth-order valence-corrected chi connectivity index (χ4v) is 4.53. The van der Waals surface area contributed by atoms with Gasteiger partial charge in [-0.15, -0.1) is 0 Å². The molecule has 1 aliphatic rings. The van der Waals surface area contributed by atoms with Gasteiger partial charge in [0.25, 0.3) is 0 Å². The largest absolute Gasteiger partial charge is 0.447 e. The van der Waals surface area contributed by atoms with E-state index in [0.29, 0.717) is 12.4 Å². The molecule has 7 nitrogen and oxygen atoms in total. The molecule has 6 rings (SSSR count). The summed E-state index contributed by atoms with van der Waals surface area (Å²) in [6.07, 6.45) is 4.03. The Labute approximate surface area is 227 Å².